The van der Waals surface area contributed by atoms with Gasteiger partial charge in [-0.05, 0) is 17.7 Å². The maximum absolute atomic E-state index is 11.3. The van der Waals surface area contributed by atoms with Crippen LogP contribution in [0.4, 0.5) is 0 Å². The zero-order valence-electron chi connectivity index (χ0n) is 8.30. The standard InChI is InChI=1S/C10H12O4S/c1-14-9-4-2-8(3-5-9)6-15(13)7-10(11)12/h2-5H,6-7H2,1H3,(H,11,12). The first-order valence-corrected chi connectivity index (χ1v) is 5.80. The molecular formula is C10H12O4S. The molecule has 0 aliphatic heterocycles. The third-order valence-electron chi connectivity index (χ3n) is 1.77. The SMILES string of the molecule is COc1ccc(CS(=O)CC(=O)O)cc1. The molecule has 1 N–H and O–H groups in total. The van der Waals surface area contributed by atoms with Crippen LogP contribution in [0.3, 0.4) is 0 Å². The minimum Gasteiger partial charge on any atom is -0.497 e. The number of ether oxygens (including phenoxy) is 1. The van der Waals surface area contributed by atoms with Gasteiger partial charge in [-0.2, -0.15) is 0 Å². The van der Waals surface area contributed by atoms with E-state index in [0.29, 0.717) is 0 Å². The predicted octanol–water partition coefficient (Wildman–Crippen LogP) is 1.03. The fourth-order valence-corrected chi connectivity index (χ4v) is 2.04. The van der Waals surface area contributed by atoms with Gasteiger partial charge in [0.2, 0.25) is 0 Å². The second-order valence-electron chi connectivity index (χ2n) is 2.97. The van der Waals surface area contributed by atoms with E-state index in [4.69, 9.17) is 9.84 Å². The number of aliphatic carboxylic acids is 1. The molecule has 0 saturated heterocycles. The van der Waals surface area contributed by atoms with Crippen LogP contribution in [0.2, 0.25) is 0 Å². The molecule has 0 bridgehead atoms. The van der Waals surface area contributed by atoms with Gasteiger partial charge in [0.05, 0.1) is 7.11 Å². The van der Waals surface area contributed by atoms with Gasteiger partial charge in [0.15, 0.2) is 0 Å². The lowest BCUT2D eigenvalue weighted by molar-refractivity contribution is -0.133. The molecule has 0 aliphatic carbocycles. The Hall–Kier alpha value is -1.36. The van der Waals surface area contributed by atoms with Crippen LogP contribution in [0.1, 0.15) is 5.56 Å². The summed E-state index contributed by atoms with van der Waals surface area (Å²) in [5.74, 6) is -0.368. The first kappa shape index (κ1) is 11.7. The first-order valence-electron chi connectivity index (χ1n) is 4.31. The van der Waals surface area contributed by atoms with Crippen LogP contribution in [0.5, 0.6) is 5.75 Å². The Balaban J connectivity index is 2.57. The number of benzene rings is 1. The van der Waals surface area contributed by atoms with Crippen molar-refractivity contribution in [3.05, 3.63) is 29.8 Å². The van der Waals surface area contributed by atoms with Crippen LogP contribution in [-0.2, 0) is 21.3 Å². The Morgan fingerprint density at radius 1 is 1.40 bits per heavy atom. The lowest BCUT2D eigenvalue weighted by Gasteiger charge is -2.02. The smallest absolute Gasteiger partial charge is 0.316 e. The van der Waals surface area contributed by atoms with Crippen molar-refractivity contribution in [2.24, 2.45) is 0 Å². The molecule has 4 nitrogen and oxygen atoms in total. The van der Waals surface area contributed by atoms with E-state index in [-0.39, 0.29) is 11.5 Å². The number of methoxy groups -OCH3 is 1. The summed E-state index contributed by atoms with van der Waals surface area (Å²) in [4.78, 5) is 10.3. The number of carboxylic acid groups (broad SMARTS) is 1. The second-order valence-corrected chi connectivity index (χ2v) is 4.43. The Bertz CT molecular complexity index is 358. The van der Waals surface area contributed by atoms with Crippen molar-refractivity contribution < 1.29 is 18.8 Å². The van der Waals surface area contributed by atoms with Gasteiger partial charge < -0.3 is 9.84 Å². The number of hydrogen-bond acceptors (Lipinski definition) is 3. The van der Waals surface area contributed by atoms with Gasteiger partial charge >= 0.3 is 5.97 Å². The van der Waals surface area contributed by atoms with Crippen LogP contribution in [0.25, 0.3) is 0 Å². The zero-order chi connectivity index (χ0) is 11.3. The molecule has 82 valence electrons. The van der Waals surface area contributed by atoms with Crippen LogP contribution < -0.4 is 4.74 Å². The summed E-state index contributed by atoms with van der Waals surface area (Å²) in [7, 11) is 0.217. The molecule has 0 heterocycles. The first-order chi connectivity index (χ1) is 7.11. The van der Waals surface area contributed by atoms with Crippen molar-refractivity contribution in [2.75, 3.05) is 12.9 Å². The molecule has 0 aromatic heterocycles. The molecular weight excluding hydrogens is 216 g/mol. The van der Waals surface area contributed by atoms with Gasteiger partial charge in [-0.3, -0.25) is 9.00 Å². The van der Waals surface area contributed by atoms with E-state index >= 15 is 0 Å². The molecule has 0 fully saturated rings. The number of hydrogen-bond donors (Lipinski definition) is 1. The highest BCUT2D eigenvalue weighted by atomic mass is 32.2. The van der Waals surface area contributed by atoms with Gasteiger partial charge in [-0.1, -0.05) is 12.1 Å². The minimum atomic E-state index is -1.35. The van der Waals surface area contributed by atoms with E-state index in [9.17, 15) is 9.00 Å². The highest BCUT2D eigenvalue weighted by Gasteiger charge is 2.06. The quantitative estimate of drug-likeness (QED) is 0.817. The zero-order valence-corrected chi connectivity index (χ0v) is 9.12. The minimum absolute atomic E-state index is 0.260. The van der Waals surface area contributed by atoms with Crippen molar-refractivity contribution >= 4 is 16.8 Å². The van der Waals surface area contributed by atoms with Gasteiger partial charge in [0.25, 0.3) is 0 Å². The molecule has 5 heteroatoms. The summed E-state index contributed by atoms with van der Waals surface area (Å²) in [5, 5.41) is 8.43. The predicted molar refractivity (Wildman–Crippen MR) is 57.3 cm³/mol. The van der Waals surface area contributed by atoms with Gasteiger partial charge in [-0.25, -0.2) is 0 Å². The average molecular weight is 228 g/mol. The third-order valence-corrected chi connectivity index (χ3v) is 3.00. The number of carbonyl (C=O) groups is 1. The van der Waals surface area contributed by atoms with Crippen molar-refractivity contribution in [3.8, 4) is 5.75 Å². The molecule has 1 aromatic carbocycles. The molecule has 0 aliphatic rings. The van der Waals surface area contributed by atoms with Crippen LogP contribution in [-0.4, -0.2) is 28.1 Å². The summed E-state index contributed by atoms with van der Waals surface area (Å²) in [6, 6.07) is 7.07. The van der Waals surface area contributed by atoms with Gasteiger partial charge in [-0.15, -0.1) is 0 Å². The Labute approximate surface area is 90.3 Å². The molecule has 1 rings (SSSR count). The summed E-state index contributed by atoms with van der Waals surface area (Å²) < 4.78 is 16.2. The van der Waals surface area contributed by atoms with Crippen LogP contribution >= 0.6 is 0 Å². The van der Waals surface area contributed by atoms with E-state index in [1.54, 1.807) is 31.4 Å². The molecule has 0 spiro atoms. The van der Waals surface area contributed by atoms with Crippen molar-refractivity contribution in [3.63, 3.8) is 0 Å². The number of rotatable bonds is 5. The van der Waals surface area contributed by atoms with Crippen molar-refractivity contribution in [2.45, 2.75) is 5.75 Å². The normalized spacial score (nSPS) is 12.1. The van der Waals surface area contributed by atoms with Gasteiger partial charge in [0, 0.05) is 16.6 Å². The van der Waals surface area contributed by atoms with Crippen molar-refractivity contribution in [1.29, 1.82) is 0 Å². The lowest BCUT2D eigenvalue weighted by atomic mass is 10.2. The van der Waals surface area contributed by atoms with Crippen LogP contribution in [0.15, 0.2) is 24.3 Å². The fraction of sp³-hybridized carbons (Fsp3) is 0.300. The molecule has 0 radical (unpaired) electrons. The monoisotopic (exact) mass is 228 g/mol. The topological polar surface area (TPSA) is 63.6 Å². The number of carboxylic acids is 1. The van der Waals surface area contributed by atoms with E-state index in [1.807, 2.05) is 0 Å². The third kappa shape index (κ3) is 4.12. The highest BCUT2D eigenvalue weighted by Crippen LogP contribution is 2.12. The van der Waals surface area contributed by atoms with Gasteiger partial charge in [0.1, 0.15) is 11.5 Å². The molecule has 15 heavy (non-hydrogen) atoms. The summed E-state index contributed by atoms with van der Waals surface area (Å²) in [6.07, 6.45) is 0. The largest absolute Gasteiger partial charge is 0.497 e. The maximum atomic E-state index is 11.3. The van der Waals surface area contributed by atoms with Crippen molar-refractivity contribution in [1.82, 2.24) is 0 Å². The van der Waals surface area contributed by atoms with E-state index in [1.165, 1.54) is 0 Å². The lowest BCUT2D eigenvalue weighted by Crippen LogP contribution is -2.10. The molecule has 0 amide bonds. The fourth-order valence-electron chi connectivity index (χ4n) is 1.10. The van der Waals surface area contributed by atoms with E-state index in [2.05, 4.69) is 0 Å². The molecule has 1 aromatic rings. The Kier molecular flexibility index (Phi) is 4.30. The van der Waals surface area contributed by atoms with E-state index in [0.717, 1.165) is 11.3 Å². The summed E-state index contributed by atoms with van der Waals surface area (Å²) in [5.41, 5.74) is 0.843. The Morgan fingerprint density at radius 3 is 2.47 bits per heavy atom. The maximum Gasteiger partial charge on any atom is 0.316 e. The molecule has 1 atom stereocenters. The highest BCUT2D eigenvalue weighted by molar-refractivity contribution is 7.84. The van der Waals surface area contributed by atoms with E-state index < -0.39 is 16.8 Å². The molecule has 1 unspecified atom stereocenters. The summed E-state index contributed by atoms with van der Waals surface area (Å²) in [6.45, 7) is 0. The molecule has 0 saturated carbocycles. The summed E-state index contributed by atoms with van der Waals surface area (Å²) >= 11 is 0. The van der Waals surface area contributed by atoms with Crippen LogP contribution in [0, 0.1) is 0 Å². The average Bonchev–Trinajstić information content (AvgIpc) is 2.17. The second kappa shape index (κ2) is 5.50. The Morgan fingerprint density at radius 2 is 2.00 bits per heavy atom.